The molecule has 2 unspecified atom stereocenters. The van der Waals surface area contributed by atoms with E-state index in [1.807, 2.05) is 0 Å². The van der Waals surface area contributed by atoms with Crippen LogP contribution in [0, 0.1) is 0 Å². The highest BCUT2D eigenvalue weighted by Crippen LogP contribution is 2.07. The van der Waals surface area contributed by atoms with Crippen LogP contribution in [0.15, 0.2) is 0 Å². The van der Waals surface area contributed by atoms with Crippen molar-refractivity contribution in [2.75, 3.05) is 20.1 Å². The smallest absolute Gasteiger partial charge is 0.239 e. The van der Waals surface area contributed by atoms with Crippen molar-refractivity contribution in [2.45, 2.75) is 38.8 Å². The van der Waals surface area contributed by atoms with Crippen molar-refractivity contribution < 1.29 is 9.59 Å². The van der Waals surface area contributed by atoms with E-state index in [1.165, 1.54) is 11.8 Å². The summed E-state index contributed by atoms with van der Waals surface area (Å²) in [7, 11) is 1.63. The molecule has 2 atom stereocenters. The zero-order valence-electron chi connectivity index (χ0n) is 10.2. The predicted octanol–water partition coefficient (Wildman–Crippen LogP) is -0.279. The van der Waals surface area contributed by atoms with Crippen LogP contribution in [-0.2, 0) is 9.59 Å². The van der Waals surface area contributed by atoms with Gasteiger partial charge in [-0.05, 0) is 26.3 Å². The molecule has 0 bridgehead atoms. The molecule has 1 saturated heterocycles. The number of nitrogens with zero attached hydrogens (tertiary/aromatic N) is 1. The van der Waals surface area contributed by atoms with Gasteiger partial charge in [0.15, 0.2) is 0 Å². The number of rotatable bonds is 3. The molecular formula is C11H21N3O2. The van der Waals surface area contributed by atoms with E-state index in [1.54, 1.807) is 7.05 Å². The van der Waals surface area contributed by atoms with Crippen molar-refractivity contribution in [3.05, 3.63) is 0 Å². The van der Waals surface area contributed by atoms with Gasteiger partial charge >= 0.3 is 0 Å². The van der Waals surface area contributed by atoms with Gasteiger partial charge in [0.2, 0.25) is 11.8 Å². The second-order valence-electron chi connectivity index (χ2n) is 4.43. The number of hydrogen-bond acceptors (Lipinski definition) is 3. The highest BCUT2D eigenvalue weighted by atomic mass is 16.2. The Hall–Kier alpha value is -1.10. The zero-order chi connectivity index (χ0) is 12.1. The first kappa shape index (κ1) is 13.0. The number of likely N-dealkylation sites (N-methyl/N-ethyl adjacent to an activating group) is 1. The Balaban J connectivity index is 2.35. The minimum absolute atomic E-state index is 0.0850. The van der Waals surface area contributed by atoms with Crippen LogP contribution in [-0.4, -0.2) is 48.9 Å². The number of hydrogen-bond donors (Lipinski definition) is 2. The molecule has 16 heavy (non-hydrogen) atoms. The Morgan fingerprint density at radius 2 is 2.19 bits per heavy atom. The topological polar surface area (TPSA) is 61.4 Å². The lowest BCUT2D eigenvalue weighted by atomic mass is 10.00. The average Bonchev–Trinajstić information content (AvgIpc) is 2.21. The Kier molecular flexibility index (Phi) is 4.73. The third-order valence-electron chi connectivity index (χ3n) is 3.03. The first-order chi connectivity index (χ1) is 7.50. The molecule has 5 nitrogen and oxygen atoms in total. The number of nitrogens with one attached hydrogen (secondary N) is 2. The van der Waals surface area contributed by atoms with E-state index in [0.717, 1.165) is 19.4 Å². The summed E-state index contributed by atoms with van der Waals surface area (Å²) in [6.07, 6.45) is 2.08. The number of piperidine rings is 1. The summed E-state index contributed by atoms with van der Waals surface area (Å²) in [6.45, 7) is 4.68. The monoisotopic (exact) mass is 227 g/mol. The summed E-state index contributed by atoms with van der Waals surface area (Å²) in [5, 5.41) is 6.28. The van der Waals surface area contributed by atoms with Gasteiger partial charge in [0.1, 0.15) is 0 Å². The van der Waals surface area contributed by atoms with Crippen LogP contribution in [0.1, 0.15) is 26.7 Å². The molecule has 2 amide bonds. The predicted molar refractivity (Wildman–Crippen MR) is 61.9 cm³/mol. The molecule has 0 saturated carbocycles. The first-order valence-electron chi connectivity index (χ1n) is 5.75. The fraction of sp³-hybridized carbons (Fsp3) is 0.818. The van der Waals surface area contributed by atoms with E-state index < -0.39 is 0 Å². The molecule has 92 valence electrons. The maximum absolute atomic E-state index is 11.6. The maximum atomic E-state index is 11.6. The van der Waals surface area contributed by atoms with Crippen molar-refractivity contribution in [2.24, 2.45) is 0 Å². The zero-order valence-corrected chi connectivity index (χ0v) is 10.2. The van der Waals surface area contributed by atoms with Crippen LogP contribution in [0.25, 0.3) is 0 Å². The Bertz CT molecular complexity index is 268. The van der Waals surface area contributed by atoms with E-state index in [9.17, 15) is 9.59 Å². The van der Waals surface area contributed by atoms with Gasteiger partial charge in [-0.3, -0.25) is 9.59 Å². The highest BCUT2D eigenvalue weighted by Gasteiger charge is 2.22. The molecule has 0 aromatic carbocycles. The molecule has 0 spiro atoms. The third-order valence-corrected chi connectivity index (χ3v) is 3.03. The van der Waals surface area contributed by atoms with Crippen LogP contribution in [0.5, 0.6) is 0 Å². The molecule has 1 rings (SSSR count). The summed E-state index contributed by atoms with van der Waals surface area (Å²) in [5.41, 5.74) is 0. The van der Waals surface area contributed by atoms with Crippen molar-refractivity contribution in [1.82, 2.24) is 15.5 Å². The van der Waals surface area contributed by atoms with Gasteiger partial charge in [0, 0.05) is 26.1 Å². The van der Waals surface area contributed by atoms with E-state index in [-0.39, 0.29) is 24.4 Å². The molecular weight excluding hydrogens is 206 g/mol. The van der Waals surface area contributed by atoms with Crippen molar-refractivity contribution in [3.63, 3.8) is 0 Å². The average molecular weight is 227 g/mol. The van der Waals surface area contributed by atoms with E-state index in [4.69, 9.17) is 0 Å². The molecule has 1 aliphatic heterocycles. The lowest BCUT2D eigenvalue weighted by Gasteiger charge is -2.31. The molecule has 0 aliphatic carbocycles. The van der Waals surface area contributed by atoms with Crippen molar-refractivity contribution >= 4 is 11.8 Å². The quantitative estimate of drug-likeness (QED) is 0.697. The molecule has 0 radical (unpaired) electrons. The molecule has 1 heterocycles. The van der Waals surface area contributed by atoms with Gasteiger partial charge in [-0.25, -0.2) is 0 Å². The van der Waals surface area contributed by atoms with Gasteiger partial charge in [-0.2, -0.15) is 0 Å². The van der Waals surface area contributed by atoms with E-state index in [2.05, 4.69) is 17.6 Å². The lowest BCUT2D eigenvalue weighted by molar-refractivity contribution is -0.133. The third kappa shape index (κ3) is 3.81. The molecule has 1 aliphatic rings. The van der Waals surface area contributed by atoms with E-state index in [0.29, 0.717) is 6.04 Å². The summed E-state index contributed by atoms with van der Waals surface area (Å²) in [4.78, 5) is 24.0. The van der Waals surface area contributed by atoms with Crippen LogP contribution in [0.2, 0.25) is 0 Å². The minimum atomic E-state index is -0.0926. The normalized spacial score (nSPS) is 24.9. The highest BCUT2D eigenvalue weighted by molar-refractivity contribution is 5.83. The second-order valence-corrected chi connectivity index (χ2v) is 4.43. The number of carbonyl (C=O) groups excluding carboxylic acids is 2. The summed E-state index contributed by atoms with van der Waals surface area (Å²) in [5.74, 6) is -0.178. The van der Waals surface area contributed by atoms with Gasteiger partial charge in [-0.15, -0.1) is 0 Å². The molecule has 1 fully saturated rings. The fourth-order valence-electron chi connectivity index (χ4n) is 1.82. The number of amides is 2. The molecule has 5 heteroatoms. The lowest BCUT2D eigenvalue weighted by Crippen LogP contribution is -2.53. The number of carbonyl (C=O) groups is 2. The van der Waals surface area contributed by atoms with Gasteiger partial charge in [0.05, 0.1) is 6.54 Å². The van der Waals surface area contributed by atoms with Crippen molar-refractivity contribution in [3.8, 4) is 0 Å². The second kappa shape index (κ2) is 5.84. The first-order valence-corrected chi connectivity index (χ1v) is 5.75. The standard InChI is InChI=1S/C11H21N3O2/c1-8-10(5-4-6-12-8)13-11(16)7-14(3)9(2)15/h8,10,12H,4-7H2,1-3H3,(H,13,16). The van der Waals surface area contributed by atoms with Crippen LogP contribution >= 0.6 is 0 Å². The molecule has 0 aromatic heterocycles. The van der Waals surface area contributed by atoms with Crippen LogP contribution in [0.3, 0.4) is 0 Å². The Morgan fingerprint density at radius 1 is 1.50 bits per heavy atom. The van der Waals surface area contributed by atoms with E-state index >= 15 is 0 Å². The summed E-state index contributed by atoms with van der Waals surface area (Å²) < 4.78 is 0. The fourth-order valence-corrected chi connectivity index (χ4v) is 1.82. The Labute approximate surface area is 96.6 Å². The van der Waals surface area contributed by atoms with Crippen LogP contribution in [0.4, 0.5) is 0 Å². The molecule has 0 aromatic rings. The van der Waals surface area contributed by atoms with Crippen molar-refractivity contribution in [1.29, 1.82) is 0 Å². The molecule has 2 N–H and O–H groups in total. The minimum Gasteiger partial charge on any atom is -0.350 e. The SMILES string of the molecule is CC(=O)N(C)CC(=O)NC1CCCNC1C. The summed E-state index contributed by atoms with van der Waals surface area (Å²) in [6, 6.07) is 0.488. The van der Waals surface area contributed by atoms with Gasteiger partial charge in [-0.1, -0.05) is 0 Å². The van der Waals surface area contributed by atoms with Gasteiger partial charge < -0.3 is 15.5 Å². The van der Waals surface area contributed by atoms with Gasteiger partial charge in [0.25, 0.3) is 0 Å². The largest absolute Gasteiger partial charge is 0.350 e. The summed E-state index contributed by atoms with van der Waals surface area (Å²) >= 11 is 0. The maximum Gasteiger partial charge on any atom is 0.239 e. The van der Waals surface area contributed by atoms with Crippen LogP contribution < -0.4 is 10.6 Å². The Morgan fingerprint density at radius 3 is 2.75 bits per heavy atom.